The van der Waals surface area contributed by atoms with Crippen molar-refractivity contribution in [2.75, 3.05) is 44.2 Å². The lowest BCUT2D eigenvalue weighted by molar-refractivity contribution is -0.903. The molecule has 1 aliphatic rings. The fourth-order valence-electron chi connectivity index (χ4n) is 3.26. The lowest BCUT2D eigenvalue weighted by Crippen LogP contribution is -3.16. The van der Waals surface area contributed by atoms with Crippen molar-refractivity contribution in [3.8, 4) is 0 Å². The number of piperazine rings is 1. The first-order valence-corrected chi connectivity index (χ1v) is 9.33. The quantitative estimate of drug-likeness (QED) is 0.769. The average molecular weight is 380 g/mol. The van der Waals surface area contributed by atoms with Crippen LogP contribution in [0, 0.1) is 5.82 Å². The van der Waals surface area contributed by atoms with Crippen LogP contribution in [0.4, 0.5) is 10.1 Å². The zero-order valence-electron chi connectivity index (χ0n) is 14.7. The van der Waals surface area contributed by atoms with Crippen LogP contribution in [-0.4, -0.2) is 50.5 Å². The zero-order valence-corrected chi connectivity index (χ0v) is 15.5. The summed E-state index contributed by atoms with van der Waals surface area (Å²) in [5.41, 5.74) is 1.70. The second kappa shape index (κ2) is 9.33. The van der Waals surface area contributed by atoms with Crippen LogP contribution in [0.3, 0.4) is 0 Å². The van der Waals surface area contributed by atoms with Crippen LogP contribution in [0.2, 0.25) is 5.02 Å². The Kier molecular flexibility index (Phi) is 6.86. The number of quaternary nitrogens is 1. The third-order valence-electron chi connectivity index (χ3n) is 4.68. The lowest BCUT2D eigenvalue weighted by atomic mass is 10.2. The summed E-state index contributed by atoms with van der Waals surface area (Å²) < 4.78 is 19.5. The molecule has 0 spiro atoms. The van der Waals surface area contributed by atoms with E-state index in [-0.39, 0.29) is 5.82 Å². The van der Waals surface area contributed by atoms with Gasteiger partial charge in [-0.05, 0) is 29.8 Å². The molecule has 0 aromatic heterocycles. The van der Waals surface area contributed by atoms with Crippen LogP contribution in [0.5, 0.6) is 0 Å². The Bertz CT molecular complexity index is 690. The number of rotatable bonds is 7. The molecule has 26 heavy (non-hydrogen) atoms. The fourth-order valence-corrected chi connectivity index (χ4v) is 3.39. The minimum atomic E-state index is -0.502. The maximum Gasteiger partial charge on any atom is 0.146 e. The predicted molar refractivity (Wildman–Crippen MR) is 101 cm³/mol. The molecule has 0 amide bonds. The Morgan fingerprint density at radius 2 is 1.81 bits per heavy atom. The standard InChI is InChI=1S/C20H24ClFN2O2/c21-17-7-5-16(6-8-17)14-26-15-18(25)13-23-9-11-24(12-10-23)20-4-2-1-3-19(20)22/h1-8,18,25H,9-15H2/p+1/t18-/m1/s1. The molecule has 0 saturated carbocycles. The van der Waals surface area contributed by atoms with Crippen molar-refractivity contribution in [3.05, 3.63) is 64.9 Å². The van der Waals surface area contributed by atoms with Gasteiger partial charge in [0.25, 0.3) is 0 Å². The summed E-state index contributed by atoms with van der Waals surface area (Å²) in [7, 11) is 0. The number of aliphatic hydroxyl groups excluding tert-OH is 1. The number of nitrogens with zero attached hydrogens (tertiary/aromatic N) is 1. The number of benzene rings is 2. The van der Waals surface area contributed by atoms with Gasteiger partial charge in [-0.15, -0.1) is 0 Å². The SMILES string of the molecule is O[C@@H](COCc1ccc(Cl)cc1)C[NH+]1CCN(c2ccccc2F)CC1. The van der Waals surface area contributed by atoms with Crippen molar-refractivity contribution in [1.82, 2.24) is 0 Å². The second-order valence-electron chi connectivity index (χ2n) is 6.69. The van der Waals surface area contributed by atoms with Gasteiger partial charge in [-0.25, -0.2) is 4.39 Å². The molecule has 0 radical (unpaired) electrons. The average Bonchev–Trinajstić information content (AvgIpc) is 2.65. The molecule has 2 N–H and O–H groups in total. The molecule has 3 rings (SSSR count). The van der Waals surface area contributed by atoms with Gasteiger partial charge in [0, 0.05) is 5.02 Å². The van der Waals surface area contributed by atoms with Crippen LogP contribution in [0.25, 0.3) is 0 Å². The van der Waals surface area contributed by atoms with Gasteiger partial charge in [0.05, 0.1) is 45.1 Å². The number of halogens is 2. The molecule has 140 valence electrons. The molecule has 1 aliphatic heterocycles. The molecule has 0 unspecified atom stereocenters. The van der Waals surface area contributed by atoms with Gasteiger partial charge in [-0.2, -0.15) is 0 Å². The Balaban J connectivity index is 1.37. The van der Waals surface area contributed by atoms with Gasteiger partial charge in [0.2, 0.25) is 0 Å². The molecule has 2 aromatic rings. The Morgan fingerprint density at radius 3 is 2.50 bits per heavy atom. The van der Waals surface area contributed by atoms with Crippen molar-refractivity contribution >= 4 is 17.3 Å². The number of hydrogen-bond acceptors (Lipinski definition) is 3. The number of aliphatic hydroxyl groups is 1. The van der Waals surface area contributed by atoms with Gasteiger partial charge >= 0.3 is 0 Å². The molecule has 2 aromatic carbocycles. The minimum absolute atomic E-state index is 0.174. The Labute approximate surface area is 158 Å². The van der Waals surface area contributed by atoms with Crippen LogP contribution in [0.1, 0.15) is 5.56 Å². The van der Waals surface area contributed by atoms with Gasteiger partial charge in [0.1, 0.15) is 18.5 Å². The maximum absolute atomic E-state index is 13.9. The number of nitrogens with one attached hydrogen (secondary N) is 1. The van der Waals surface area contributed by atoms with Crippen molar-refractivity contribution in [1.29, 1.82) is 0 Å². The second-order valence-corrected chi connectivity index (χ2v) is 7.12. The van der Waals surface area contributed by atoms with E-state index >= 15 is 0 Å². The highest BCUT2D eigenvalue weighted by molar-refractivity contribution is 6.30. The van der Waals surface area contributed by atoms with Crippen LogP contribution >= 0.6 is 11.6 Å². The molecule has 1 saturated heterocycles. The third kappa shape index (κ3) is 5.42. The normalized spacial score (nSPS) is 16.7. The first-order valence-electron chi connectivity index (χ1n) is 8.95. The highest BCUT2D eigenvalue weighted by Gasteiger charge is 2.23. The Hall–Kier alpha value is -1.66. The van der Waals surface area contributed by atoms with E-state index in [1.807, 2.05) is 36.4 Å². The minimum Gasteiger partial charge on any atom is -0.385 e. The van der Waals surface area contributed by atoms with Crippen molar-refractivity contribution in [3.63, 3.8) is 0 Å². The fraction of sp³-hybridized carbons (Fsp3) is 0.400. The molecule has 0 aliphatic carbocycles. The van der Waals surface area contributed by atoms with E-state index in [1.165, 1.54) is 11.0 Å². The molecule has 1 atom stereocenters. The summed E-state index contributed by atoms with van der Waals surface area (Å²) in [5.74, 6) is -0.174. The smallest absolute Gasteiger partial charge is 0.146 e. The summed E-state index contributed by atoms with van der Waals surface area (Å²) in [6.45, 7) is 4.74. The maximum atomic E-state index is 13.9. The van der Waals surface area contributed by atoms with Gasteiger partial charge in [0.15, 0.2) is 0 Å². The number of para-hydroxylation sites is 1. The lowest BCUT2D eigenvalue weighted by Gasteiger charge is -2.34. The summed E-state index contributed by atoms with van der Waals surface area (Å²) in [6.07, 6.45) is -0.502. The highest BCUT2D eigenvalue weighted by atomic mass is 35.5. The summed E-state index contributed by atoms with van der Waals surface area (Å²) in [5, 5.41) is 10.9. The third-order valence-corrected chi connectivity index (χ3v) is 4.93. The van der Waals surface area contributed by atoms with Crippen LogP contribution in [-0.2, 0) is 11.3 Å². The van der Waals surface area contributed by atoms with Crippen molar-refractivity contribution < 1.29 is 19.1 Å². The summed E-state index contributed by atoms with van der Waals surface area (Å²) in [4.78, 5) is 3.39. The van der Waals surface area contributed by atoms with E-state index in [9.17, 15) is 9.50 Å². The Morgan fingerprint density at radius 1 is 1.12 bits per heavy atom. The molecule has 4 nitrogen and oxygen atoms in total. The topological polar surface area (TPSA) is 37.1 Å². The van der Waals surface area contributed by atoms with Gasteiger partial charge < -0.3 is 19.6 Å². The largest absolute Gasteiger partial charge is 0.385 e. The molecule has 1 heterocycles. The molecular weight excluding hydrogens is 355 g/mol. The zero-order chi connectivity index (χ0) is 18.4. The molecular formula is C20H25ClFN2O2+. The van der Waals surface area contributed by atoms with E-state index in [1.54, 1.807) is 6.07 Å². The number of anilines is 1. The van der Waals surface area contributed by atoms with Crippen LogP contribution < -0.4 is 9.80 Å². The number of hydrogen-bond donors (Lipinski definition) is 2. The van der Waals surface area contributed by atoms with Crippen LogP contribution in [0.15, 0.2) is 48.5 Å². The van der Waals surface area contributed by atoms with Crippen molar-refractivity contribution in [2.24, 2.45) is 0 Å². The highest BCUT2D eigenvalue weighted by Crippen LogP contribution is 2.18. The van der Waals surface area contributed by atoms with Crippen molar-refractivity contribution in [2.45, 2.75) is 12.7 Å². The molecule has 0 bridgehead atoms. The summed E-state index contributed by atoms with van der Waals surface area (Å²) >= 11 is 5.85. The van der Waals surface area contributed by atoms with E-state index in [0.29, 0.717) is 30.5 Å². The predicted octanol–water partition coefficient (Wildman–Crippen LogP) is 1.76. The van der Waals surface area contributed by atoms with E-state index in [4.69, 9.17) is 16.3 Å². The first-order chi connectivity index (χ1) is 12.6. The van der Waals surface area contributed by atoms with E-state index in [2.05, 4.69) is 4.90 Å². The monoisotopic (exact) mass is 379 g/mol. The van der Waals surface area contributed by atoms with Gasteiger partial charge in [-0.1, -0.05) is 35.9 Å². The summed E-state index contributed by atoms with van der Waals surface area (Å²) in [6, 6.07) is 14.4. The van der Waals surface area contributed by atoms with E-state index < -0.39 is 6.10 Å². The number of ether oxygens (including phenoxy) is 1. The molecule has 6 heteroatoms. The first kappa shape index (κ1) is 19.1. The van der Waals surface area contributed by atoms with Gasteiger partial charge in [-0.3, -0.25) is 0 Å². The molecule has 1 fully saturated rings. The van der Waals surface area contributed by atoms with E-state index in [0.717, 1.165) is 31.7 Å².